The minimum atomic E-state index is -3.40. The lowest BCUT2D eigenvalue weighted by molar-refractivity contribution is -0.127. The molecule has 0 N–H and O–H groups in total. The number of carbonyl (C=O) groups excluding carboxylic acids is 1. The van der Waals surface area contributed by atoms with Crippen LogP contribution in [0.2, 0.25) is 0 Å². The molecular formula is C19H24N4O3S. The van der Waals surface area contributed by atoms with Gasteiger partial charge in [-0.05, 0) is 36.8 Å². The van der Waals surface area contributed by atoms with Crippen molar-refractivity contribution in [1.29, 1.82) is 0 Å². The second-order valence-electron chi connectivity index (χ2n) is 6.73. The molecule has 0 saturated heterocycles. The van der Waals surface area contributed by atoms with E-state index in [4.69, 9.17) is 0 Å². The third-order valence-corrected chi connectivity index (χ3v) is 5.73. The summed E-state index contributed by atoms with van der Waals surface area (Å²) in [5.41, 5.74) is 2.69. The summed E-state index contributed by atoms with van der Waals surface area (Å²) < 4.78 is 26.9. The highest BCUT2D eigenvalue weighted by Crippen LogP contribution is 2.19. The van der Waals surface area contributed by atoms with Crippen molar-refractivity contribution in [2.75, 3.05) is 37.8 Å². The SMILES string of the molecule is CCN(Cc1ccc(N(C)C)cc1)C(=O)C1=CN2CCS(=O)(=O)N=C2C=C1. The number of rotatable bonds is 5. The quantitative estimate of drug-likeness (QED) is 0.766. The Morgan fingerprint density at radius 2 is 1.89 bits per heavy atom. The van der Waals surface area contributed by atoms with Crippen LogP contribution in [-0.4, -0.2) is 62.9 Å². The molecule has 0 fully saturated rings. The third-order valence-electron chi connectivity index (χ3n) is 4.57. The van der Waals surface area contributed by atoms with Crippen molar-refractivity contribution in [3.8, 4) is 0 Å². The predicted octanol–water partition coefficient (Wildman–Crippen LogP) is 1.60. The topological polar surface area (TPSA) is 73.3 Å². The Morgan fingerprint density at radius 1 is 1.19 bits per heavy atom. The van der Waals surface area contributed by atoms with E-state index in [-0.39, 0.29) is 11.7 Å². The number of amidine groups is 1. The summed E-state index contributed by atoms with van der Waals surface area (Å²) in [5, 5.41) is 0. The molecule has 1 aromatic rings. The Bertz CT molecular complexity index is 915. The van der Waals surface area contributed by atoms with Gasteiger partial charge in [-0.15, -0.1) is 4.40 Å². The number of anilines is 1. The summed E-state index contributed by atoms with van der Waals surface area (Å²) in [4.78, 5) is 18.4. The molecule has 0 spiro atoms. The zero-order valence-corrected chi connectivity index (χ0v) is 16.6. The molecular weight excluding hydrogens is 364 g/mol. The van der Waals surface area contributed by atoms with Gasteiger partial charge in [0, 0.05) is 45.6 Å². The van der Waals surface area contributed by atoms with Crippen LogP contribution in [0.5, 0.6) is 0 Å². The highest BCUT2D eigenvalue weighted by molar-refractivity contribution is 7.90. The largest absolute Gasteiger partial charge is 0.378 e. The Hall–Kier alpha value is -2.61. The second-order valence-corrected chi connectivity index (χ2v) is 8.48. The van der Waals surface area contributed by atoms with Gasteiger partial charge >= 0.3 is 0 Å². The Morgan fingerprint density at radius 3 is 2.52 bits per heavy atom. The zero-order chi connectivity index (χ0) is 19.6. The monoisotopic (exact) mass is 388 g/mol. The molecule has 0 unspecified atom stereocenters. The van der Waals surface area contributed by atoms with Gasteiger partial charge in [0.1, 0.15) is 5.84 Å². The molecule has 2 aliphatic heterocycles. The van der Waals surface area contributed by atoms with E-state index in [1.165, 1.54) is 0 Å². The fourth-order valence-corrected chi connectivity index (χ4v) is 3.93. The molecule has 0 bridgehead atoms. The van der Waals surface area contributed by atoms with E-state index in [9.17, 15) is 13.2 Å². The van der Waals surface area contributed by atoms with E-state index in [1.54, 1.807) is 28.2 Å². The van der Waals surface area contributed by atoms with Crippen LogP contribution < -0.4 is 4.90 Å². The van der Waals surface area contributed by atoms with E-state index in [0.29, 0.717) is 31.0 Å². The Balaban J connectivity index is 1.74. The van der Waals surface area contributed by atoms with E-state index in [0.717, 1.165) is 11.3 Å². The molecule has 0 aliphatic carbocycles. The van der Waals surface area contributed by atoms with E-state index >= 15 is 0 Å². The van der Waals surface area contributed by atoms with Gasteiger partial charge in [-0.3, -0.25) is 4.79 Å². The number of benzene rings is 1. The third kappa shape index (κ3) is 4.39. The summed E-state index contributed by atoms with van der Waals surface area (Å²) in [6, 6.07) is 8.11. The van der Waals surface area contributed by atoms with Gasteiger partial charge in [-0.2, -0.15) is 0 Å². The second kappa shape index (κ2) is 7.56. The maximum Gasteiger partial charge on any atom is 0.256 e. The summed E-state index contributed by atoms with van der Waals surface area (Å²) >= 11 is 0. The number of hydrogen-bond acceptors (Lipinski definition) is 5. The van der Waals surface area contributed by atoms with Gasteiger partial charge in [0.2, 0.25) is 0 Å². The van der Waals surface area contributed by atoms with Crippen molar-refractivity contribution < 1.29 is 13.2 Å². The summed E-state index contributed by atoms with van der Waals surface area (Å²) in [7, 11) is 0.581. The smallest absolute Gasteiger partial charge is 0.256 e. The molecule has 3 rings (SSSR count). The van der Waals surface area contributed by atoms with Crippen LogP contribution in [0, 0.1) is 0 Å². The van der Waals surface area contributed by atoms with E-state index < -0.39 is 10.0 Å². The molecule has 2 heterocycles. The number of nitrogens with zero attached hydrogens (tertiary/aromatic N) is 4. The van der Waals surface area contributed by atoms with Gasteiger partial charge in [0.15, 0.2) is 0 Å². The first-order valence-electron chi connectivity index (χ1n) is 8.84. The number of sulfonamides is 1. The number of carbonyl (C=O) groups is 1. The maximum atomic E-state index is 12.9. The summed E-state index contributed by atoms with van der Waals surface area (Å²) in [6.07, 6.45) is 4.91. The number of likely N-dealkylation sites (N-methyl/N-ethyl adjacent to an activating group) is 1. The zero-order valence-electron chi connectivity index (χ0n) is 15.8. The van der Waals surface area contributed by atoms with Crippen LogP contribution in [0.3, 0.4) is 0 Å². The van der Waals surface area contributed by atoms with Crippen LogP contribution in [0.15, 0.2) is 52.6 Å². The van der Waals surface area contributed by atoms with Crippen LogP contribution in [0.1, 0.15) is 12.5 Å². The molecule has 1 aromatic carbocycles. The van der Waals surface area contributed by atoms with Crippen LogP contribution >= 0.6 is 0 Å². The average Bonchev–Trinajstić information content (AvgIpc) is 2.65. The fourth-order valence-electron chi connectivity index (χ4n) is 2.96. The highest BCUT2D eigenvalue weighted by Gasteiger charge is 2.26. The molecule has 0 radical (unpaired) electrons. The lowest BCUT2D eigenvalue weighted by Gasteiger charge is -2.29. The number of amides is 1. The van der Waals surface area contributed by atoms with Gasteiger partial charge in [-0.1, -0.05) is 12.1 Å². The fraction of sp³-hybridized carbons (Fsp3) is 0.368. The lowest BCUT2D eigenvalue weighted by atomic mass is 10.1. The predicted molar refractivity (Wildman–Crippen MR) is 107 cm³/mol. The van der Waals surface area contributed by atoms with E-state index in [2.05, 4.69) is 4.40 Å². The van der Waals surface area contributed by atoms with Gasteiger partial charge < -0.3 is 14.7 Å². The average molecular weight is 388 g/mol. The van der Waals surface area contributed by atoms with Crippen LogP contribution in [0.4, 0.5) is 5.69 Å². The Kier molecular flexibility index (Phi) is 5.36. The van der Waals surface area contributed by atoms with Crippen molar-refractivity contribution in [1.82, 2.24) is 9.80 Å². The minimum absolute atomic E-state index is 0.0436. The normalized spacial score (nSPS) is 17.7. The molecule has 144 valence electrons. The minimum Gasteiger partial charge on any atom is -0.378 e. The van der Waals surface area contributed by atoms with Crippen molar-refractivity contribution in [2.24, 2.45) is 4.40 Å². The lowest BCUT2D eigenvalue weighted by Crippen LogP contribution is -2.39. The standard InChI is InChI=1S/C19H24N4O3S/c1-4-22(13-15-5-8-17(9-6-15)21(2)3)19(24)16-7-10-18-20-27(25,26)12-11-23(18)14-16/h5-10,14H,4,11-13H2,1-3H3. The molecule has 7 nitrogen and oxygen atoms in total. The molecule has 0 saturated carbocycles. The summed E-state index contributed by atoms with van der Waals surface area (Å²) in [5.74, 6) is 0.232. The first-order valence-corrected chi connectivity index (χ1v) is 10.4. The maximum absolute atomic E-state index is 12.9. The number of fused-ring (bicyclic) bond motifs is 1. The van der Waals surface area contributed by atoms with Gasteiger partial charge in [-0.25, -0.2) is 8.42 Å². The molecule has 27 heavy (non-hydrogen) atoms. The molecule has 2 aliphatic rings. The van der Waals surface area contributed by atoms with Crippen molar-refractivity contribution in [2.45, 2.75) is 13.5 Å². The molecule has 8 heteroatoms. The van der Waals surface area contributed by atoms with Crippen molar-refractivity contribution >= 4 is 27.5 Å². The first-order chi connectivity index (χ1) is 12.8. The first kappa shape index (κ1) is 19.2. The van der Waals surface area contributed by atoms with Crippen molar-refractivity contribution in [3.63, 3.8) is 0 Å². The van der Waals surface area contributed by atoms with Gasteiger partial charge in [0.25, 0.3) is 15.9 Å². The van der Waals surface area contributed by atoms with Crippen LogP contribution in [0.25, 0.3) is 0 Å². The molecule has 0 atom stereocenters. The Labute approximate surface area is 160 Å². The van der Waals surface area contributed by atoms with Gasteiger partial charge in [0.05, 0.1) is 11.3 Å². The summed E-state index contributed by atoms with van der Waals surface area (Å²) in [6.45, 7) is 3.35. The highest BCUT2D eigenvalue weighted by atomic mass is 32.2. The molecule has 1 amide bonds. The number of hydrogen-bond donors (Lipinski definition) is 0. The van der Waals surface area contributed by atoms with E-state index in [1.807, 2.05) is 50.2 Å². The van der Waals surface area contributed by atoms with Crippen molar-refractivity contribution in [3.05, 3.63) is 53.8 Å². The molecule has 0 aromatic heterocycles. The van der Waals surface area contributed by atoms with Crippen LogP contribution in [-0.2, 0) is 21.4 Å².